The van der Waals surface area contributed by atoms with E-state index >= 15 is 0 Å². The second-order valence-electron chi connectivity index (χ2n) is 10.5. The zero-order valence-electron chi connectivity index (χ0n) is 21.1. The normalized spacial score (nSPS) is 20.8. The summed E-state index contributed by atoms with van der Waals surface area (Å²) in [7, 11) is 0. The molecule has 9 heteroatoms. The van der Waals surface area contributed by atoms with Gasteiger partial charge in [0.2, 0.25) is 12.3 Å². The molecule has 0 aromatic heterocycles. The number of carbonyl (C=O) groups is 2. The number of imide groups is 1. The molecule has 36 heavy (non-hydrogen) atoms. The minimum Gasteiger partial charge on any atom is -0.431 e. The number of nitrogens with zero attached hydrogens (tertiary/aromatic N) is 2. The maximum Gasteiger partial charge on any atom is 0.287 e. The molecule has 7 nitrogen and oxygen atoms in total. The van der Waals surface area contributed by atoms with Gasteiger partial charge in [0.15, 0.2) is 0 Å². The number of carbonyl (C=O) groups excluding carboxylic acids is 2. The Labute approximate surface area is 211 Å². The predicted octanol–water partition coefficient (Wildman–Crippen LogP) is 4.52. The van der Waals surface area contributed by atoms with Crippen LogP contribution in [0.4, 0.5) is 14.5 Å². The second kappa shape index (κ2) is 11.0. The Morgan fingerprint density at radius 1 is 1.31 bits per heavy atom. The third-order valence-corrected chi connectivity index (χ3v) is 7.92. The van der Waals surface area contributed by atoms with Gasteiger partial charge in [-0.3, -0.25) is 14.9 Å². The van der Waals surface area contributed by atoms with Crippen molar-refractivity contribution in [2.24, 2.45) is 22.1 Å². The highest BCUT2D eigenvalue weighted by molar-refractivity contribution is 5.85. The van der Waals surface area contributed by atoms with Crippen LogP contribution in [0, 0.1) is 23.0 Å². The number of benzene rings is 1. The molecule has 2 amide bonds. The summed E-state index contributed by atoms with van der Waals surface area (Å²) in [5, 5.41) is 2.03. The van der Waals surface area contributed by atoms with Gasteiger partial charge in [0.1, 0.15) is 17.4 Å². The molecule has 3 fully saturated rings. The number of hydrogen-bond acceptors (Lipinski definition) is 5. The lowest BCUT2D eigenvalue weighted by molar-refractivity contribution is -0.125. The van der Waals surface area contributed by atoms with Gasteiger partial charge in [0.25, 0.3) is 6.02 Å². The van der Waals surface area contributed by atoms with Gasteiger partial charge < -0.3 is 15.4 Å². The highest BCUT2D eigenvalue weighted by atomic mass is 19.1. The van der Waals surface area contributed by atoms with Crippen LogP contribution < -0.4 is 16.0 Å². The molecule has 1 aromatic carbocycles. The van der Waals surface area contributed by atoms with Gasteiger partial charge in [-0.25, -0.2) is 13.8 Å². The lowest BCUT2D eigenvalue weighted by Gasteiger charge is -2.54. The van der Waals surface area contributed by atoms with E-state index in [1.165, 1.54) is 44.2 Å². The van der Waals surface area contributed by atoms with Crippen LogP contribution in [0.25, 0.3) is 0 Å². The molecule has 1 heterocycles. The number of hydrogen-bond donors (Lipinski definition) is 2. The summed E-state index contributed by atoms with van der Waals surface area (Å²) < 4.78 is 35.5. The molecule has 1 aliphatic heterocycles. The number of aliphatic imine (C=N–C) groups is 1. The van der Waals surface area contributed by atoms with E-state index in [1.807, 2.05) is 10.2 Å². The third-order valence-electron chi connectivity index (χ3n) is 7.92. The Morgan fingerprint density at radius 3 is 2.53 bits per heavy atom. The summed E-state index contributed by atoms with van der Waals surface area (Å²) in [5.74, 6) is -0.947. The van der Waals surface area contributed by atoms with E-state index in [0.717, 1.165) is 12.2 Å². The van der Waals surface area contributed by atoms with Gasteiger partial charge >= 0.3 is 0 Å². The van der Waals surface area contributed by atoms with Gasteiger partial charge in [0, 0.05) is 36.7 Å². The molecule has 2 saturated carbocycles. The number of halogens is 2. The lowest BCUT2D eigenvalue weighted by atomic mass is 9.51. The molecule has 1 unspecified atom stereocenters. The molecule has 1 spiro atoms. The van der Waals surface area contributed by atoms with E-state index in [-0.39, 0.29) is 30.5 Å². The Morgan fingerprint density at radius 2 is 1.97 bits per heavy atom. The number of amidine groups is 1. The Bertz CT molecular complexity index is 1020. The average Bonchev–Trinajstić information content (AvgIpc) is 2.72. The first-order valence-corrected chi connectivity index (χ1v) is 12.9. The second-order valence-corrected chi connectivity index (χ2v) is 10.5. The van der Waals surface area contributed by atoms with Crippen molar-refractivity contribution in [3.8, 4) is 0 Å². The molecule has 1 saturated heterocycles. The van der Waals surface area contributed by atoms with Crippen molar-refractivity contribution in [2.45, 2.75) is 77.2 Å². The number of amides is 2. The number of rotatable bonds is 10. The van der Waals surface area contributed by atoms with Crippen molar-refractivity contribution in [3.05, 3.63) is 41.2 Å². The van der Waals surface area contributed by atoms with E-state index < -0.39 is 23.5 Å². The van der Waals surface area contributed by atoms with E-state index in [9.17, 15) is 18.4 Å². The highest BCUT2D eigenvalue weighted by Crippen LogP contribution is 2.60. The fraction of sp³-hybridized carbons (Fsp3) is 0.593. The fourth-order valence-corrected chi connectivity index (χ4v) is 5.69. The maximum absolute atomic E-state index is 14.8. The Balaban J connectivity index is 1.30. The lowest BCUT2D eigenvalue weighted by Crippen LogP contribution is -2.51. The summed E-state index contributed by atoms with van der Waals surface area (Å²) in [4.78, 5) is 28.1. The van der Waals surface area contributed by atoms with Crippen molar-refractivity contribution < 1.29 is 23.1 Å². The summed E-state index contributed by atoms with van der Waals surface area (Å²) >= 11 is 0. The predicted molar refractivity (Wildman–Crippen MR) is 134 cm³/mol. The summed E-state index contributed by atoms with van der Waals surface area (Å²) in [6.07, 6.45) is 9.81. The first-order valence-electron chi connectivity index (χ1n) is 12.9. The summed E-state index contributed by atoms with van der Waals surface area (Å²) in [5.41, 5.74) is 7.03. The van der Waals surface area contributed by atoms with E-state index in [4.69, 9.17) is 10.5 Å². The largest absolute Gasteiger partial charge is 0.431 e. The molecule has 4 rings (SSSR count). The van der Waals surface area contributed by atoms with Gasteiger partial charge in [-0.2, -0.15) is 0 Å². The molecule has 3 aliphatic rings. The van der Waals surface area contributed by atoms with Crippen LogP contribution in [0.2, 0.25) is 0 Å². The number of nitrogens with one attached hydrogen (secondary N) is 1. The van der Waals surface area contributed by atoms with Crippen LogP contribution >= 0.6 is 0 Å². The van der Waals surface area contributed by atoms with Crippen LogP contribution in [0.1, 0.15) is 76.7 Å². The number of anilines is 1. The monoisotopic (exact) mass is 502 g/mol. The fourth-order valence-electron chi connectivity index (χ4n) is 5.69. The first kappa shape index (κ1) is 26.1. The van der Waals surface area contributed by atoms with E-state index in [0.29, 0.717) is 36.5 Å². The molecule has 3 N–H and O–H groups in total. The van der Waals surface area contributed by atoms with Crippen LogP contribution in [0.15, 0.2) is 29.0 Å². The first-order chi connectivity index (χ1) is 17.2. The molecule has 196 valence electrons. The Kier molecular flexibility index (Phi) is 7.95. The van der Waals surface area contributed by atoms with Crippen LogP contribution in [-0.2, 0) is 14.3 Å². The zero-order chi connectivity index (χ0) is 25.9. The minimum absolute atomic E-state index is 0.00657. The zero-order valence-corrected chi connectivity index (χ0v) is 21.1. The van der Waals surface area contributed by atoms with E-state index in [1.54, 1.807) is 6.92 Å². The van der Waals surface area contributed by atoms with Crippen molar-refractivity contribution in [1.82, 2.24) is 5.32 Å². The third kappa shape index (κ3) is 5.71. The molecule has 0 bridgehead atoms. The molecular weight excluding hydrogens is 466 g/mol. The van der Waals surface area contributed by atoms with Crippen LogP contribution in [0.3, 0.4) is 0 Å². The maximum atomic E-state index is 14.8. The highest BCUT2D eigenvalue weighted by Gasteiger charge is 2.49. The SMILES string of the molecule is CC/C=C(/OC(N)=NC1CN(c2cc(F)c(C(C)CCC(=O)NC=O)c(F)c2)C1)C1CC2(CCC2)C1. The van der Waals surface area contributed by atoms with Crippen LogP contribution in [-0.4, -0.2) is 37.5 Å². The quantitative estimate of drug-likeness (QED) is 0.212. The minimum atomic E-state index is -0.651. The van der Waals surface area contributed by atoms with Gasteiger partial charge in [-0.15, -0.1) is 0 Å². The standard InChI is InChI=1S/C27H36F2N4O3/c1-3-5-23(18-12-27(13-18)8-4-9-27)36-26(30)32-19-14-33(15-19)20-10-21(28)25(22(29)11-20)17(2)6-7-24(35)31-16-34/h5,10-11,16-19H,3-4,6-9,12-15H2,1-2H3,(H2,30,32)(H,31,34,35)/b23-5+. The number of nitrogens with two attached hydrogens (primary N) is 1. The Hall–Kier alpha value is -2.97. The number of ether oxygens (including phenoxy) is 1. The van der Waals surface area contributed by atoms with Crippen molar-refractivity contribution in [1.29, 1.82) is 0 Å². The van der Waals surface area contributed by atoms with Gasteiger partial charge in [0.05, 0.1) is 6.04 Å². The average molecular weight is 503 g/mol. The number of allylic oxidation sites excluding steroid dienone is 2. The van der Waals surface area contributed by atoms with Gasteiger partial charge in [-0.1, -0.05) is 20.3 Å². The molecular formula is C27H36F2N4O3. The molecule has 1 atom stereocenters. The summed E-state index contributed by atoms with van der Waals surface area (Å²) in [6, 6.07) is 2.67. The molecule has 2 aliphatic carbocycles. The van der Waals surface area contributed by atoms with Crippen molar-refractivity contribution in [3.63, 3.8) is 0 Å². The topological polar surface area (TPSA) is 97.0 Å². The van der Waals surface area contributed by atoms with Crippen LogP contribution in [0.5, 0.6) is 0 Å². The van der Waals surface area contributed by atoms with E-state index in [2.05, 4.69) is 18.0 Å². The van der Waals surface area contributed by atoms with Gasteiger partial charge in [-0.05, 0) is 68.1 Å². The summed E-state index contributed by atoms with van der Waals surface area (Å²) in [6.45, 7) is 4.71. The molecule has 1 aromatic rings. The van der Waals surface area contributed by atoms with Crippen molar-refractivity contribution >= 4 is 24.0 Å². The smallest absolute Gasteiger partial charge is 0.287 e. The van der Waals surface area contributed by atoms with Crippen molar-refractivity contribution in [2.75, 3.05) is 18.0 Å². The molecule has 0 radical (unpaired) electrons.